The minimum absolute atomic E-state index is 0.181. The number of aliphatic carboxylic acids is 2. The Labute approximate surface area is 232 Å². The molecule has 0 atom stereocenters. The summed E-state index contributed by atoms with van der Waals surface area (Å²) in [5.74, 6) is -1.45. The maximum atomic E-state index is 11.7. The van der Waals surface area contributed by atoms with Crippen LogP contribution in [0.1, 0.15) is 45.8 Å². The highest BCUT2D eigenvalue weighted by Crippen LogP contribution is 2.24. The number of nitrogens with one attached hydrogen (secondary N) is 1. The molecule has 2 heterocycles. The number of carboxylic acids is 2. The molecule has 0 unspecified atom stereocenters. The Balaban J connectivity index is 0.000000400. The van der Waals surface area contributed by atoms with Crippen molar-refractivity contribution < 1.29 is 38.9 Å². The molecule has 2 rings (SSSR count). The van der Waals surface area contributed by atoms with Gasteiger partial charge in [-0.1, -0.05) is 6.92 Å². The second-order valence-electron chi connectivity index (χ2n) is 8.15. The Kier molecular flexibility index (Phi) is 13.1. The van der Waals surface area contributed by atoms with E-state index in [0.717, 1.165) is 11.6 Å². The van der Waals surface area contributed by atoms with Gasteiger partial charge in [0, 0.05) is 32.5 Å². The maximum absolute atomic E-state index is 11.7. The minimum Gasteiger partial charge on any atom is -0.477 e. The predicted molar refractivity (Wildman–Crippen MR) is 146 cm³/mol. The van der Waals surface area contributed by atoms with Gasteiger partial charge in [0.1, 0.15) is 23.3 Å². The number of carbonyl (C=O) groups excluding carboxylic acids is 2. The van der Waals surface area contributed by atoms with Crippen LogP contribution in [-0.2, 0) is 42.7 Å². The van der Waals surface area contributed by atoms with Gasteiger partial charge < -0.3 is 39.0 Å². The molecule has 0 bridgehead atoms. The van der Waals surface area contributed by atoms with E-state index in [-0.39, 0.29) is 24.5 Å². The zero-order chi connectivity index (χ0) is 30.6. The van der Waals surface area contributed by atoms with Gasteiger partial charge in [-0.25, -0.2) is 29.1 Å². The van der Waals surface area contributed by atoms with Gasteiger partial charge in [-0.05, 0) is 41.0 Å². The van der Waals surface area contributed by atoms with Crippen LogP contribution in [0.3, 0.4) is 0 Å². The van der Waals surface area contributed by atoms with Crippen LogP contribution < -0.4 is 10.2 Å². The van der Waals surface area contributed by atoms with Crippen molar-refractivity contribution in [3.8, 4) is 0 Å². The summed E-state index contributed by atoms with van der Waals surface area (Å²) in [7, 11) is 3.61. The molecule has 0 aliphatic heterocycles. The summed E-state index contributed by atoms with van der Waals surface area (Å²) in [5.41, 5.74) is -0.531. The lowest BCUT2D eigenvalue weighted by Crippen LogP contribution is -2.29. The average molecular weight is 563 g/mol. The molecular weight excluding hydrogens is 524 g/mol. The number of rotatable bonds is 12. The van der Waals surface area contributed by atoms with Crippen molar-refractivity contribution in [2.75, 3.05) is 30.0 Å². The molecule has 0 fully saturated rings. The summed E-state index contributed by atoms with van der Waals surface area (Å²) in [6.45, 7) is 11.4. The zero-order valence-corrected chi connectivity index (χ0v) is 24.1. The third-order valence-corrected chi connectivity index (χ3v) is 5.74. The number of aromatic nitrogens is 4. The van der Waals surface area contributed by atoms with Crippen LogP contribution in [0.2, 0.25) is 0 Å². The molecule has 0 aromatic carbocycles. The smallest absolute Gasteiger partial charge is 0.347 e. The first-order valence-electron chi connectivity index (χ1n) is 12.6. The lowest BCUT2D eigenvalue weighted by molar-refractivity contribution is -0.147. The van der Waals surface area contributed by atoms with Crippen LogP contribution in [0.25, 0.3) is 0 Å². The van der Waals surface area contributed by atoms with Gasteiger partial charge in [0.25, 0.3) is 0 Å². The van der Waals surface area contributed by atoms with Gasteiger partial charge in [0.2, 0.25) is 0 Å². The maximum Gasteiger partial charge on any atom is 0.347 e. The molecule has 14 nitrogen and oxygen atoms in total. The van der Waals surface area contributed by atoms with Crippen molar-refractivity contribution in [3.05, 3.63) is 47.1 Å². The summed E-state index contributed by atoms with van der Waals surface area (Å²) < 4.78 is 13.2. The molecule has 0 amide bonds. The summed E-state index contributed by atoms with van der Waals surface area (Å²) in [6.07, 6.45) is 4.77. The number of aryl methyl sites for hydroxylation is 2. The minimum atomic E-state index is -1.44. The van der Waals surface area contributed by atoms with Crippen LogP contribution in [0, 0.1) is 13.8 Å². The number of carbonyl (C=O) groups is 4. The molecule has 0 saturated heterocycles. The predicted octanol–water partition coefficient (Wildman–Crippen LogP) is 2.54. The van der Waals surface area contributed by atoms with Crippen LogP contribution in [0.5, 0.6) is 0 Å². The molecule has 0 radical (unpaired) electrons. The van der Waals surface area contributed by atoms with E-state index in [0.29, 0.717) is 24.6 Å². The van der Waals surface area contributed by atoms with Gasteiger partial charge >= 0.3 is 23.9 Å². The molecule has 2 aromatic rings. The molecule has 0 spiro atoms. The second-order valence-corrected chi connectivity index (χ2v) is 8.15. The van der Waals surface area contributed by atoms with E-state index < -0.39 is 29.5 Å². The van der Waals surface area contributed by atoms with E-state index in [1.165, 1.54) is 6.20 Å². The summed E-state index contributed by atoms with van der Waals surface area (Å²) in [6, 6.07) is 0. The van der Waals surface area contributed by atoms with Gasteiger partial charge in [0.05, 0.1) is 25.6 Å². The molecule has 3 N–H and O–H groups in total. The topological polar surface area (TPSA) is 178 Å². The number of esters is 2. The summed E-state index contributed by atoms with van der Waals surface area (Å²) in [5, 5.41) is 21.1. The SMILES string of the molecule is CCC(=C(C(=O)O)C(=O)O)N(CC)c1cnc(C)n1C.CCOC(=O)C(=CNc1cnc(C)n1C)C(=O)OCC. The number of imidazole rings is 2. The highest BCUT2D eigenvalue weighted by atomic mass is 16.6. The van der Waals surface area contributed by atoms with Crippen molar-refractivity contribution >= 4 is 35.5 Å². The highest BCUT2D eigenvalue weighted by Gasteiger charge is 2.26. The first kappa shape index (κ1) is 33.4. The first-order chi connectivity index (χ1) is 18.9. The third kappa shape index (κ3) is 8.44. The number of nitrogens with zero attached hydrogens (tertiary/aromatic N) is 5. The lowest BCUT2D eigenvalue weighted by atomic mass is 10.1. The monoisotopic (exact) mass is 562 g/mol. The van der Waals surface area contributed by atoms with Crippen molar-refractivity contribution in [1.82, 2.24) is 19.1 Å². The van der Waals surface area contributed by atoms with E-state index in [2.05, 4.69) is 15.3 Å². The van der Waals surface area contributed by atoms with Crippen molar-refractivity contribution in [3.63, 3.8) is 0 Å². The second kappa shape index (κ2) is 15.7. The van der Waals surface area contributed by atoms with Crippen LogP contribution in [0.4, 0.5) is 11.6 Å². The quantitative estimate of drug-likeness (QED) is 0.149. The zero-order valence-electron chi connectivity index (χ0n) is 24.1. The Bertz CT molecular complexity index is 1240. The molecule has 14 heteroatoms. The highest BCUT2D eigenvalue weighted by molar-refractivity contribution is 6.14. The number of ether oxygens (including phenoxy) is 2. The fraction of sp³-hybridized carbons (Fsp3) is 0.462. The van der Waals surface area contributed by atoms with Crippen molar-refractivity contribution in [2.24, 2.45) is 14.1 Å². The standard InChI is InChI=1S/2C13H19N3O4/c1-5-19-12(17)10(13(18)20-6-2)7-15-11-8-14-9(3)16(11)4;1-5-9(11(12(17)18)13(19)20)16(6-2)10-7-14-8(3)15(10)4/h7-8,15H,5-6H2,1-4H3;7H,5-6H2,1-4H3,(H,17,18)(H,19,20). The fourth-order valence-electron chi connectivity index (χ4n) is 3.47. The van der Waals surface area contributed by atoms with E-state index in [1.807, 2.05) is 27.8 Å². The molecule has 220 valence electrons. The number of allylic oxidation sites excluding steroid dienone is 1. The molecule has 0 aliphatic carbocycles. The summed E-state index contributed by atoms with van der Waals surface area (Å²) in [4.78, 5) is 55.7. The van der Waals surface area contributed by atoms with E-state index in [4.69, 9.17) is 19.7 Å². The number of hydrogen-bond acceptors (Lipinski definition) is 10. The van der Waals surface area contributed by atoms with Crippen molar-refractivity contribution in [1.29, 1.82) is 0 Å². The Morgan fingerprint density at radius 3 is 1.75 bits per heavy atom. The number of anilines is 2. The van der Waals surface area contributed by atoms with Gasteiger partial charge in [-0.3, -0.25) is 0 Å². The Morgan fingerprint density at radius 2 is 1.40 bits per heavy atom. The molecule has 0 aliphatic rings. The number of hydrogen-bond donors (Lipinski definition) is 3. The van der Waals surface area contributed by atoms with E-state index in [1.54, 1.807) is 54.2 Å². The average Bonchev–Trinajstić information content (AvgIpc) is 3.39. The lowest BCUT2D eigenvalue weighted by Gasteiger charge is -2.26. The van der Waals surface area contributed by atoms with E-state index >= 15 is 0 Å². The Hall–Kier alpha value is -4.62. The molecule has 40 heavy (non-hydrogen) atoms. The molecule has 2 aromatic heterocycles. The van der Waals surface area contributed by atoms with Gasteiger partial charge in [0.15, 0.2) is 11.1 Å². The molecule has 0 saturated carbocycles. The first-order valence-corrected chi connectivity index (χ1v) is 12.6. The number of carboxylic acid groups (broad SMARTS) is 2. The van der Waals surface area contributed by atoms with Gasteiger partial charge in [-0.2, -0.15) is 0 Å². The van der Waals surface area contributed by atoms with Crippen LogP contribution in [-0.4, -0.2) is 73.0 Å². The van der Waals surface area contributed by atoms with Crippen LogP contribution in [0.15, 0.2) is 35.4 Å². The summed E-state index contributed by atoms with van der Waals surface area (Å²) >= 11 is 0. The van der Waals surface area contributed by atoms with E-state index in [9.17, 15) is 19.2 Å². The largest absolute Gasteiger partial charge is 0.477 e. The van der Waals surface area contributed by atoms with Gasteiger partial charge in [-0.15, -0.1) is 0 Å². The normalized spacial score (nSPS) is 10.0. The third-order valence-electron chi connectivity index (χ3n) is 5.74. The molecular formula is C26H38N6O8. The fourth-order valence-corrected chi connectivity index (χ4v) is 3.47. The van der Waals surface area contributed by atoms with Crippen LogP contribution >= 0.6 is 0 Å². The van der Waals surface area contributed by atoms with Crippen molar-refractivity contribution in [2.45, 2.75) is 48.0 Å². The Morgan fingerprint density at radius 1 is 0.900 bits per heavy atom.